The number of hydrogen-bond acceptors (Lipinski definition) is 9. The van der Waals surface area contributed by atoms with E-state index in [2.05, 4.69) is 22.2 Å². The largest absolute Gasteiger partial charge is 0.378 e. The summed E-state index contributed by atoms with van der Waals surface area (Å²) in [5.41, 5.74) is 5.85. The van der Waals surface area contributed by atoms with Gasteiger partial charge in [-0.2, -0.15) is 5.26 Å². The second-order valence-corrected chi connectivity index (χ2v) is 8.48. The van der Waals surface area contributed by atoms with Gasteiger partial charge in [-0.05, 0) is 18.4 Å². The van der Waals surface area contributed by atoms with E-state index >= 15 is 0 Å². The summed E-state index contributed by atoms with van der Waals surface area (Å²) in [6.45, 7) is 5.89. The number of hydrogen-bond donors (Lipinski definition) is 2. The first kappa shape index (κ1) is 29.3. The van der Waals surface area contributed by atoms with Gasteiger partial charge in [0.05, 0.1) is 43.9 Å². The molecule has 2 aromatic heterocycles. The molecule has 198 valence electrons. The molecule has 1 saturated heterocycles. The fourth-order valence-electron chi connectivity index (χ4n) is 4.22. The summed E-state index contributed by atoms with van der Waals surface area (Å²) in [6.07, 6.45) is 3.83. The van der Waals surface area contributed by atoms with Gasteiger partial charge in [-0.15, -0.1) is 12.4 Å². The molecule has 0 spiro atoms. The Balaban J connectivity index is 0.00000456. The van der Waals surface area contributed by atoms with Crippen LogP contribution in [0.5, 0.6) is 0 Å². The van der Waals surface area contributed by atoms with Gasteiger partial charge in [-0.1, -0.05) is 6.92 Å². The highest BCUT2D eigenvalue weighted by atomic mass is 35.5. The molecule has 0 saturated carbocycles. The smallest absolute Gasteiger partial charge is 0.327 e. The van der Waals surface area contributed by atoms with Gasteiger partial charge < -0.3 is 30.3 Å². The monoisotopic (exact) mass is 522 g/mol. The van der Waals surface area contributed by atoms with E-state index in [1.165, 1.54) is 10.9 Å². The van der Waals surface area contributed by atoms with E-state index in [4.69, 9.17) is 20.5 Å². The van der Waals surface area contributed by atoms with Gasteiger partial charge >= 0.3 is 6.03 Å². The Morgan fingerprint density at radius 2 is 2.03 bits per heavy atom. The highest BCUT2D eigenvalue weighted by molar-refractivity contribution is 5.94. The summed E-state index contributed by atoms with van der Waals surface area (Å²) in [4.78, 5) is 37.6. The lowest BCUT2D eigenvalue weighted by Crippen LogP contribution is -2.52. The van der Waals surface area contributed by atoms with Crippen LogP contribution in [-0.4, -0.2) is 97.1 Å². The quantitative estimate of drug-likeness (QED) is 0.411. The molecule has 0 unspecified atom stereocenters. The number of nitrogens with zero attached hydrogens (tertiary/aromatic N) is 6. The molecular formula is C23H35ClN8O4. The van der Waals surface area contributed by atoms with Crippen molar-refractivity contribution < 1.29 is 19.1 Å². The number of nitriles is 1. The molecule has 1 aliphatic rings. The number of nitrogens with one attached hydrogen (secondary N) is 1. The summed E-state index contributed by atoms with van der Waals surface area (Å²) < 4.78 is 12.1. The molecule has 0 aromatic carbocycles. The van der Waals surface area contributed by atoms with Crippen LogP contribution >= 0.6 is 12.4 Å². The number of likely N-dealkylation sites (N-methyl/N-ethyl adjacent to an activating group) is 1. The zero-order valence-corrected chi connectivity index (χ0v) is 21.6. The van der Waals surface area contributed by atoms with Crippen molar-refractivity contribution in [2.75, 3.05) is 64.6 Å². The number of anilines is 1. The average Bonchev–Trinajstić information content (AvgIpc) is 3.30. The lowest BCUT2D eigenvalue weighted by molar-refractivity contribution is -0.131. The van der Waals surface area contributed by atoms with Crippen molar-refractivity contribution in [3.05, 3.63) is 18.6 Å². The van der Waals surface area contributed by atoms with Gasteiger partial charge in [-0.25, -0.2) is 14.8 Å². The summed E-state index contributed by atoms with van der Waals surface area (Å²) in [5.74, 6) is 0.858. The Labute approximate surface area is 217 Å². The van der Waals surface area contributed by atoms with Gasteiger partial charge in [0.1, 0.15) is 18.6 Å². The van der Waals surface area contributed by atoms with Crippen LogP contribution in [0.4, 0.5) is 10.6 Å². The van der Waals surface area contributed by atoms with E-state index in [-0.39, 0.29) is 36.8 Å². The molecule has 2 amide bonds. The standard InChI is InChI=1S/C23H34N8O4.ClH/c1-17-4-9-30(20(32)3-6-24)15-19(17)29(2)21-18-5-10-31(22(18)28-16-27-21)23(33)26-8-12-35-14-13-34-11-7-25;/h5,10,16-17,19H,3-4,7-9,11-15,25H2,1-2H3,(H,26,33);1H/t17-,19+;/m1./s1. The summed E-state index contributed by atoms with van der Waals surface area (Å²) >= 11 is 0. The molecule has 13 heteroatoms. The molecule has 12 nitrogen and oxygen atoms in total. The second-order valence-electron chi connectivity index (χ2n) is 8.48. The Morgan fingerprint density at radius 1 is 1.28 bits per heavy atom. The van der Waals surface area contributed by atoms with E-state index in [0.717, 1.165) is 11.8 Å². The highest BCUT2D eigenvalue weighted by Gasteiger charge is 2.32. The Morgan fingerprint density at radius 3 is 2.75 bits per heavy atom. The average molecular weight is 523 g/mol. The molecule has 1 aliphatic heterocycles. The third-order valence-corrected chi connectivity index (χ3v) is 6.17. The first-order valence-corrected chi connectivity index (χ1v) is 11.8. The minimum Gasteiger partial charge on any atom is -0.378 e. The molecule has 3 N–H and O–H groups in total. The number of piperidine rings is 1. The summed E-state index contributed by atoms with van der Waals surface area (Å²) in [5, 5.41) is 12.4. The third-order valence-electron chi connectivity index (χ3n) is 6.17. The predicted octanol–water partition coefficient (Wildman–Crippen LogP) is 0.990. The van der Waals surface area contributed by atoms with Crippen molar-refractivity contribution in [2.24, 2.45) is 11.7 Å². The lowest BCUT2D eigenvalue weighted by atomic mass is 9.92. The number of halogens is 1. The Bertz CT molecular complexity index is 1040. The van der Waals surface area contributed by atoms with Crippen molar-refractivity contribution in [2.45, 2.75) is 25.8 Å². The zero-order chi connectivity index (χ0) is 25.2. The maximum absolute atomic E-state index is 12.7. The van der Waals surface area contributed by atoms with Gasteiger partial charge in [0, 0.05) is 39.4 Å². The normalized spacial score (nSPS) is 17.3. The van der Waals surface area contributed by atoms with Crippen molar-refractivity contribution in [1.29, 1.82) is 5.26 Å². The van der Waals surface area contributed by atoms with Gasteiger partial charge in [0.25, 0.3) is 0 Å². The van der Waals surface area contributed by atoms with Crippen LogP contribution in [-0.2, 0) is 14.3 Å². The fraction of sp³-hybridized carbons (Fsp3) is 0.609. The molecule has 2 aromatic rings. The van der Waals surface area contributed by atoms with Crippen molar-refractivity contribution in [3.8, 4) is 6.07 Å². The molecule has 0 bridgehead atoms. The van der Waals surface area contributed by atoms with E-state index in [1.54, 1.807) is 11.1 Å². The zero-order valence-electron chi connectivity index (χ0n) is 20.8. The number of fused-ring (bicyclic) bond motifs is 1. The van der Waals surface area contributed by atoms with E-state index in [9.17, 15) is 9.59 Å². The van der Waals surface area contributed by atoms with Crippen molar-refractivity contribution in [1.82, 2.24) is 24.8 Å². The number of likely N-dealkylation sites (tertiary alicyclic amines) is 1. The van der Waals surface area contributed by atoms with Crippen LogP contribution in [0.3, 0.4) is 0 Å². The number of rotatable bonds is 11. The van der Waals surface area contributed by atoms with Gasteiger partial charge in [0.2, 0.25) is 5.91 Å². The third kappa shape index (κ3) is 7.27. The van der Waals surface area contributed by atoms with Gasteiger partial charge in [0.15, 0.2) is 5.65 Å². The van der Waals surface area contributed by atoms with Crippen LogP contribution in [0.25, 0.3) is 11.0 Å². The minimum atomic E-state index is -0.311. The Hall–Kier alpha value is -2.98. The van der Waals surface area contributed by atoms with Crippen LogP contribution in [0, 0.1) is 17.2 Å². The van der Waals surface area contributed by atoms with E-state index in [0.29, 0.717) is 70.0 Å². The second kappa shape index (κ2) is 14.5. The van der Waals surface area contributed by atoms with Crippen LogP contribution in [0.1, 0.15) is 19.8 Å². The molecule has 3 heterocycles. The highest BCUT2D eigenvalue weighted by Crippen LogP contribution is 2.29. The SMILES string of the molecule is C[C@@H]1CCN(C(=O)CC#N)C[C@@H]1N(C)c1ncnc2c1ccn2C(=O)NCCOCCOCCN.Cl. The minimum absolute atomic E-state index is 0. The lowest BCUT2D eigenvalue weighted by Gasteiger charge is -2.42. The fourth-order valence-corrected chi connectivity index (χ4v) is 4.22. The molecule has 3 rings (SSSR count). The molecule has 1 fully saturated rings. The van der Waals surface area contributed by atoms with Crippen LogP contribution in [0.15, 0.2) is 18.6 Å². The summed E-state index contributed by atoms with van der Waals surface area (Å²) in [7, 11) is 1.94. The molecule has 36 heavy (non-hydrogen) atoms. The Kier molecular flexibility index (Phi) is 11.8. The number of carbonyl (C=O) groups excluding carboxylic acids is 2. The molecular weight excluding hydrogens is 488 g/mol. The maximum atomic E-state index is 12.7. The molecule has 0 radical (unpaired) electrons. The number of nitrogens with two attached hydrogens (primary N) is 1. The van der Waals surface area contributed by atoms with Crippen LogP contribution < -0.4 is 16.0 Å². The number of aromatic nitrogens is 3. The number of ether oxygens (including phenoxy) is 2. The maximum Gasteiger partial charge on any atom is 0.327 e. The number of carbonyl (C=O) groups is 2. The molecule has 2 atom stereocenters. The molecule has 0 aliphatic carbocycles. The van der Waals surface area contributed by atoms with Gasteiger partial charge in [-0.3, -0.25) is 9.36 Å². The topological polar surface area (TPSA) is 152 Å². The van der Waals surface area contributed by atoms with Crippen molar-refractivity contribution >= 4 is 41.2 Å². The first-order chi connectivity index (χ1) is 17.0. The first-order valence-electron chi connectivity index (χ1n) is 11.8. The van der Waals surface area contributed by atoms with Crippen LogP contribution in [0.2, 0.25) is 0 Å². The van der Waals surface area contributed by atoms with E-state index < -0.39 is 0 Å². The summed E-state index contributed by atoms with van der Waals surface area (Å²) in [6, 6.07) is 3.47. The van der Waals surface area contributed by atoms with E-state index in [1.807, 2.05) is 24.1 Å². The predicted molar refractivity (Wildman–Crippen MR) is 137 cm³/mol. The number of amides is 2. The van der Waals surface area contributed by atoms with Crippen molar-refractivity contribution in [3.63, 3.8) is 0 Å².